The number of rotatable bonds is 5. The molecular weight excluding hydrogens is 232 g/mol. The third-order valence-corrected chi connectivity index (χ3v) is 4.47. The smallest absolute Gasteiger partial charge is 0.221 e. The molecule has 100 valence electrons. The molecule has 1 aliphatic heterocycles. The molecule has 1 amide bonds. The van der Waals surface area contributed by atoms with Crippen molar-refractivity contribution in [2.75, 3.05) is 18.1 Å². The minimum absolute atomic E-state index is 0.148. The highest BCUT2D eigenvalue weighted by Gasteiger charge is 2.27. The fourth-order valence-corrected chi connectivity index (χ4v) is 3.49. The van der Waals surface area contributed by atoms with E-state index in [1.54, 1.807) is 0 Å². The fraction of sp³-hybridized carbons (Fsp3) is 0.923. The number of hydrogen-bond acceptors (Lipinski definition) is 3. The first kappa shape index (κ1) is 14.8. The van der Waals surface area contributed by atoms with E-state index in [-0.39, 0.29) is 11.9 Å². The van der Waals surface area contributed by atoms with E-state index in [1.165, 1.54) is 17.9 Å². The van der Waals surface area contributed by atoms with Gasteiger partial charge in [0.15, 0.2) is 0 Å². The Morgan fingerprint density at radius 2 is 2.18 bits per heavy atom. The summed E-state index contributed by atoms with van der Waals surface area (Å²) in [5.74, 6) is 2.57. The molecule has 3 nitrogen and oxygen atoms in total. The number of carbonyl (C=O) groups is 1. The zero-order valence-corrected chi connectivity index (χ0v) is 12.3. The second kappa shape index (κ2) is 6.64. The number of hydrogen-bond donors (Lipinski definition) is 2. The summed E-state index contributed by atoms with van der Waals surface area (Å²) < 4.78 is 0. The van der Waals surface area contributed by atoms with Gasteiger partial charge in [0, 0.05) is 30.8 Å². The van der Waals surface area contributed by atoms with Crippen LogP contribution >= 0.6 is 11.8 Å². The Balaban J connectivity index is 2.16. The maximum atomic E-state index is 11.5. The molecule has 4 heteroatoms. The molecule has 0 radical (unpaired) electrons. The summed E-state index contributed by atoms with van der Waals surface area (Å²) in [5.41, 5.74) is 0.431. The van der Waals surface area contributed by atoms with Gasteiger partial charge in [0.2, 0.25) is 5.91 Å². The van der Waals surface area contributed by atoms with Gasteiger partial charge in [0.05, 0.1) is 0 Å². The lowest BCUT2D eigenvalue weighted by atomic mass is 9.88. The van der Waals surface area contributed by atoms with Crippen LogP contribution in [-0.2, 0) is 4.79 Å². The van der Waals surface area contributed by atoms with E-state index in [1.807, 2.05) is 25.6 Å². The average molecular weight is 258 g/mol. The maximum Gasteiger partial charge on any atom is 0.221 e. The molecule has 1 aliphatic rings. The van der Waals surface area contributed by atoms with Crippen molar-refractivity contribution >= 4 is 17.7 Å². The van der Waals surface area contributed by atoms with Crippen molar-refractivity contribution in [3.05, 3.63) is 0 Å². The van der Waals surface area contributed by atoms with Crippen molar-refractivity contribution < 1.29 is 4.79 Å². The van der Waals surface area contributed by atoms with Gasteiger partial charge < -0.3 is 10.6 Å². The molecule has 0 aromatic rings. The molecule has 1 fully saturated rings. The van der Waals surface area contributed by atoms with Gasteiger partial charge in [-0.1, -0.05) is 13.8 Å². The second-order valence-corrected chi connectivity index (χ2v) is 7.04. The summed E-state index contributed by atoms with van der Waals surface area (Å²) in [6.45, 7) is 9.41. The van der Waals surface area contributed by atoms with Crippen molar-refractivity contribution in [1.82, 2.24) is 10.6 Å². The van der Waals surface area contributed by atoms with E-state index < -0.39 is 0 Å². The zero-order valence-electron chi connectivity index (χ0n) is 11.5. The van der Waals surface area contributed by atoms with Crippen molar-refractivity contribution in [2.24, 2.45) is 5.41 Å². The number of thioether (sulfide) groups is 1. The van der Waals surface area contributed by atoms with Crippen LogP contribution in [-0.4, -0.2) is 36.0 Å². The van der Waals surface area contributed by atoms with Gasteiger partial charge in [0.25, 0.3) is 0 Å². The van der Waals surface area contributed by atoms with Crippen LogP contribution in [0.2, 0.25) is 0 Å². The molecule has 0 saturated carbocycles. The van der Waals surface area contributed by atoms with Crippen molar-refractivity contribution in [2.45, 2.75) is 52.6 Å². The molecule has 17 heavy (non-hydrogen) atoms. The quantitative estimate of drug-likeness (QED) is 0.793. The Morgan fingerprint density at radius 1 is 1.47 bits per heavy atom. The van der Waals surface area contributed by atoms with Crippen LogP contribution in [0.1, 0.15) is 40.5 Å². The van der Waals surface area contributed by atoms with Gasteiger partial charge in [-0.05, 0) is 31.4 Å². The zero-order chi connectivity index (χ0) is 12.9. The van der Waals surface area contributed by atoms with Crippen LogP contribution in [0.5, 0.6) is 0 Å². The molecule has 1 unspecified atom stereocenters. The van der Waals surface area contributed by atoms with Crippen LogP contribution in [0.15, 0.2) is 0 Å². The largest absolute Gasteiger partial charge is 0.354 e. The standard InChI is InChI=1S/C13H26N2OS/c1-10(2)15-12(16)5-6-14-11-7-13(3,4)9-17-8-11/h10-11,14H,5-9H2,1-4H3,(H,15,16). The van der Waals surface area contributed by atoms with Gasteiger partial charge in [-0.3, -0.25) is 4.79 Å². The summed E-state index contributed by atoms with van der Waals surface area (Å²) >= 11 is 2.02. The highest BCUT2D eigenvalue weighted by molar-refractivity contribution is 7.99. The van der Waals surface area contributed by atoms with E-state index in [0.717, 1.165) is 6.54 Å². The maximum absolute atomic E-state index is 11.5. The Labute approximate surface area is 109 Å². The highest BCUT2D eigenvalue weighted by atomic mass is 32.2. The minimum Gasteiger partial charge on any atom is -0.354 e. The van der Waals surface area contributed by atoms with Gasteiger partial charge in [0.1, 0.15) is 0 Å². The number of carbonyl (C=O) groups excluding carboxylic acids is 1. The molecule has 1 rings (SSSR count). The van der Waals surface area contributed by atoms with Gasteiger partial charge >= 0.3 is 0 Å². The molecule has 1 saturated heterocycles. The molecule has 0 bridgehead atoms. The summed E-state index contributed by atoms with van der Waals surface area (Å²) in [6.07, 6.45) is 1.80. The third-order valence-electron chi connectivity index (χ3n) is 2.85. The predicted molar refractivity (Wildman–Crippen MR) is 75.4 cm³/mol. The van der Waals surface area contributed by atoms with Crippen LogP contribution < -0.4 is 10.6 Å². The van der Waals surface area contributed by atoms with Crippen LogP contribution in [0, 0.1) is 5.41 Å². The Bertz CT molecular complexity index is 254. The Morgan fingerprint density at radius 3 is 2.76 bits per heavy atom. The molecule has 1 heterocycles. The predicted octanol–water partition coefficient (Wildman–Crippen LogP) is 2.02. The third kappa shape index (κ3) is 6.32. The average Bonchev–Trinajstić information content (AvgIpc) is 2.14. The fourth-order valence-electron chi connectivity index (χ4n) is 2.18. The molecule has 0 aliphatic carbocycles. The lowest BCUT2D eigenvalue weighted by Crippen LogP contribution is -2.42. The second-order valence-electron chi connectivity index (χ2n) is 6.01. The molecular formula is C13H26N2OS. The van der Waals surface area contributed by atoms with Crippen molar-refractivity contribution in [3.63, 3.8) is 0 Å². The van der Waals surface area contributed by atoms with Crippen molar-refractivity contribution in [3.8, 4) is 0 Å². The van der Waals surface area contributed by atoms with Gasteiger partial charge in [-0.15, -0.1) is 0 Å². The Hall–Kier alpha value is -0.220. The molecule has 1 atom stereocenters. The monoisotopic (exact) mass is 258 g/mol. The van der Waals surface area contributed by atoms with Crippen molar-refractivity contribution in [1.29, 1.82) is 0 Å². The minimum atomic E-state index is 0.148. The molecule has 0 aromatic carbocycles. The first-order valence-corrected chi connectivity index (χ1v) is 7.65. The lowest BCUT2D eigenvalue weighted by Gasteiger charge is -2.35. The summed E-state index contributed by atoms with van der Waals surface area (Å²) in [6, 6.07) is 0.808. The highest BCUT2D eigenvalue weighted by Crippen LogP contribution is 2.33. The molecule has 2 N–H and O–H groups in total. The molecule has 0 spiro atoms. The van der Waals surface area contributed by atoms with E-state index in [2.05, 4.69) is 24.5 Å². The molecule has 0 aromatic heterocycles. The normalized spacial score (nSPS) is 23.7. The Kier molecular flexibility index (Phi) is 5.80. The SMILES string of the molecule is CC(C)NC(=O)CCNC1CSCC(C)(C)C1. The summed E-state index contributed by atoms with van der Waals surface area (Å²) in [4.78, 5) is 11.5. The first-order chi connectivity index (χ1) is 7.89. The van der Waals surface area contributed by atoms with Crippen LogP contribution in [0.3, 0.4) is 0 Å². The number of amides is 1. The van der Waals surface area contributed by atoms with Crippen LogP contribution in [0.4, 0.5) is 0 Å². The van der Waals surface area contributed by atoms with E-state index in [4.69, 9.17) is 0 Å². The first-order valence-electron chi connectivity index (χ1n) is 6.49. The number of nitrogens with one attached hydrogen (secondary N) is 2. The summed E-state index contributed by atoms with van der Waals surface area (Å²) in [5, 5.41) is 6.41. The van der Waals surface area contributed by atoms with Gasteiger partial charge in [-0.2, -0.15) is 11.8 Å². The van der Waals surface area contributed by atoms with Gasteiger partial charge in [-0.25, -0.2) is 0 Å². The summed E-state index contributed by atoms with van der Waals surface area (Å²) in [7, 11) is 0. The van der Waals surface area contributed by atoms with E-state index in [9.17, 15) is 4.79 Å². The van der Waals surface area contributed by atoms with E-state index >= 15 is 0 Å². The lowest BCUT2D eigenvalue weighted by molar-refractivity contribution is -0.121. The van der Waals surface area contributed by atoms with E-state index in [0.29, 0.717) is 17.9 Å². The van der Waals surface area contributed by atoms with Crippen LogP contribution in [0.25, 0.3) is 0 Å². The topological polar surface area (TPSA) is 41.1 Å².